The molecule has 214 valence electrons. The number of benzene rings is 1. The van der Waals surface area contributed by atoms with E-state index in [9.17, 15) is 23.5 Å². The summed E-state index contributed by atoms with van der Waals surface area (Å²) in [5.74, 6) is -4.82. The number of carbonyl (C=O) groups is 2. The number of carbonyl (C=O) groups excluding carboxylic acids is 2. The van der Waals surface area contributed by atoms with E-state index in [0.717, 1.165) is 68.4 Å². The molecule has 1 aromatic carbocycles. The van der Waals surface area contributed by atoms with Gasteiger partial charge in [-0.1, -0.05) is 23.7 Å². The van der Waals surface area contributed by atoms with Crippen molar-refractivity contribution in [2.24, 2.45) is 41.4 Å². The monoisotopic (exact) mass is 553 g/mol. The summed E-state index contributed by atoms with van der Waals surface area (Å²) in [6.07, 6.45) is 5.73. The van der Waals surface area contributed by atoms with E-state index in [0.29, 0.717) is 24.8 Å². The van der Waals surface area contributed by atoms with E-state index in [-0.39, 0.29) is 36.5 Å². The topological polar surface area (TPSA) is 86.9 Å². The molecule has 2 bridgehead atoms. The number of hydrogen-bond donors (Lipinski definition) is 1. The number of fused-ring (bicyclic) bond motifs is 6. The third kappa shape index (κ3) is 3.68. The lowest BCUT2D eigenvalue weighted by Crippen LogP contribution is -2.47. The third-order valence-corrected chi connectivity index (χ3v) is 11.8. The molecule has 1 N–H and O–H groups in total. The Balaban J connectivity index is 0.904. The number of nitrogens with zero attached hydrogens (tertiary/aromatic N) is 3. The zero-order valence-corrected chi connectivity index (χ0v) is 22.7. The van der Waals surface area contributed by atoms with Crippen molar-refractivity contribution in [3.05, 3.63) is 30.0 Å². The van der Waals surface area contributed by atoms with Crippen LogP contribution in [0.4, 0.5) is 8.78 Å². The van der Waals surface area contributed by atoms with E-state index in [1.54, 1.807) is 0 Å². The Morgan fingerprint density at radius 2 is 1.68 bits per heavy atom. The average Bonchev–Trinajstić information content (AvgIpc) is 3.51. The summed E-state index contributed by atoms with van der Waals surface area (Å²) >= 11 is 0. The summed E-state index contributed by atoms with van der Waals surface area (Å²) in [7, 11) is 0. The summed E-state index contributed by atoms with van der Waals surface area (Å²) < 4.78 is 33.4. The van der Waals surface area contributed by atoms with Crippen molar-refractivity contribution in [1.29, 1.82) is 0 Å². The number of amides is 2. The second-order valence-corrected chi connectivity index (χ2v) is 13.7. The van der Waals surface area contributed by atoms with Crippen LogP contribution in [0, 0.1) is 41.4 Å². The maximum absolute atomic E-state index is 13.9. The van der Waals surface area contributed by atoms with Crippen LogP contribution in [0.3, 0.4) is 0 Å². The molecule has 4 aliphatic carbocycles. The largest absolute Gasteiger partial charge is 0.389 e. The van der Waals surface area contributed by atoms with E-state index in [2.05, 4.69) is 16.1 Å². The van der Waals surface area contributed by atoms with Gasteiger partial charge in [0, 0.05) is 36.7 Å². The first kappa shape index (κ1) is 25.3. The zero-order valence-electron chi connectivity index (χ0n) is 22.7. The maximum atomic E-state index is 13.9. The van der Waals surface area contributed by atoms with Gasteiger partial charge >= 0.3 is 0 Å². The van der Waals surface area contributed by atoms with Crippen LogP contribution in [0.1, 0.15) is 63.0 Å². The molecule has 2 amide bonds. The summed E-state index contributed by atoms with van der Waals surface area (Å²) in [4.78, 5) is 31.1. The van der Waals surface area contributed by atoms with Gasteiger partial charge in [-0.25, -0.2) is 8.78 Å². The number of aliphatic hydroxyl groups is 1. The average molecular weight is 554 g/mol. The maximum Gasteiger partial charge on any atom is 0.254 e. The van der Waals surface area contributed by atoms with Gasteiger partial charge in [0.2, 0.25) is 11.8 Å². The van der Waals surface area contributed by atoms with Crippen LogP contribution >= 0.6 is 0 Å². The van der Waals surface area contributed by atoms with Gasteiger partial charge in [0.05, 0.1) is 29.0 Å². The Morgan fingerprint density at radius 1 is 0.975 bits per heavy atom. The van der Waals surface area contributed by atoms with Crippen molar-refractivity contribution in [2.75, 3.05) is 26.2 Å². The van der Waals surface area contributed by atoms with Crippen LogP contribution in [-0.4, -0.2) is 69.6 Å². The van der Waals surface area contributed by atoms with E-state index >= 15 is 0 Å². The molecule has 6 unspecified atom stereocenters. The number of piperidine rings is 1. The summed E-state index contributed by atoms with van der Waals surface area (Å²) in [6, 6.07) is 8.03. The highest BCUT2D eigenvalue weighted by Gasteiger charge is 2.76. The van der Waals surface area contributed by atoms with Crippen molar-refractivity contribution in [1.82, 2.24) is 15.0 Å². The van der Waals surface area contributed by atoms with Crippen LogP contribution in [0.5, 0.6) is 0 Å². The number of aromatic nitrogens is 1. The number of para-hydroxylation sites is 1. The van der Waals surface area contributed by atoms with Crippen molar-refractivity contribution in [2.45, 2.75) is 68.8 Å². The van der Waals surface area contributed by atoms with Gasteiger partial charge in [0.1, 0.15) is 0 Å². The fourth-order valence-corrected chi connectivity index (χ4v) is 9.69. The molecule has 3 heterocycles. The standard InChI is InChI=1S/C31H37F2N3O4/c32-31(33)14-24(31)30(39)13-20-12-22(30)26-25(20)28(37)36(29(26)38)16-19-5-3-4-18(19)15-35-10-8-17(9-11-35)27-21-6-1-2-7-23(21)40-34-27/h1-2,6-7,17-20,22,24-26,39H,3-5,8-16H2/t18-,19-,20?,22?,24?,25?,26?,30?/m1/s1. The molecule has 8 atom stereocenters. The van der Waals surface area contributed by atoms with Crippen LogP contribution in [0.15, 0.2) is 28.8 Å². The second-order valence-electron chi connectivity index (χ2n) is 13.7. The summed E-state index contributed by atoms with van der Waals surface area (Å²) in [6.45, 7) is 3.40. The van der Waals surface area contributed by atoms with Gasteiger partial charge in [-0.3, -0.25) is 14.5 Å². The van der Waals surface area contributed by atoms with Gasteiger partial charge < -0.3 is 14.5 Å². The highest BCUT2D eigenvalue weighted by Crippen LogP contribution is 2.68. The second kappa shape index (κ2) is 8.81. The first-order valence-electron chi connectivity index (χ1n) is 15.3. The van der Waals surface area contributed by atoms with Crippen LogP contribution in [-0.2, 0) is 9.59 Å². The molecule has 2 saturated heterocycles. The van der Waals surface area contributed by atoms with Gasteiger partial charge in [-0.2, -0.15) is 0 Å². The van der Waals surface area contributed by atoms with E-state index < -0.39 is 35.2 Å². The Morgan fingerprint density at radius 3 is 2.42 bits per heavy atom. The van der Waals surface area contributed by atoms with Crippen molar-refractivity contribution in [3.63, 3.8) is 0 Å². The number of likely N-dealkylation sites (tertiary alicyclic amines) is 2. The predicted octanol–water partition coefficient (Wildman–Crippen LogP) is 4.45. The Kier molecular flexibility index (Phi) is 5.58. The third-order valence-electron chi connectivity index (χ3n) is 11.8. The number of rotatable bonds is 6. The molecule has 1 aromatic heterocycles. The Bertz CT molecular complexity index is 1360. The molecule has 4 saturated carbocycles. The van der Waals surface area contributed by atoms with Crippen molar-refractivity contribution in [3.8, 4) is 0 Å². The number of halogens is 2. The molecule has 7 nitrogen and oxygen atoms in total. The molecular formula is C31H37F2N3O4. The van der Waals surface area contributed by atoms with Gasteiger partial charge in [-0.05, 0) is 81.5 Å². The fourth-order valence-electron chi connectivity index (χ4n) is 9.69. The lowest BCUT2D eigenvalue weighted by molar-refractivity contribution is -0.143. The van der Waals surface area contributed by atoms with Gasteiger partial charge in [0.25, 0.3) is 5.92 Å². The molecule has 0 radical (unpaired) electrons. The van der Waals surface area contributed by atoms with Gasteiger partial charge in [0.15, 0.2) is 5.58 Å². The van der Waals surface area contributed by atoms with Crippen LogP contribution in [0.2, 0.25) is 0 Å². The normalized spacial score (nSPS) is 41.0. The minimum atomic E-state index is -2.84. The number of hydrogen-bond acceptors (Lipinski definition) is 6. The first-order valence-corrected chi connectivity index (χ1v) is 15.3. The van der Waals surface area contributed by atoms with Crippen LogP contribution < -0.4 is 0 Å². The molecule has 8 rings (SSSR count). The van der Waals surface area contributed by atoms with Gasteiger partial charge in [-0.15, -0.1) is 0 Å². The lowest BCUT2D eigenvalue weighted by atomic mass is 9.70. The molecule has 6 fully saturated rings. The molecule has 2 aromatic rings. The Hall–Kier alpha value is -2.39. The van der Waals surface area contributed by atoms with E-state index in [1.165, 1.54) is 4.90 Å². The summed E-state index contributed by atoms with van der Waals surface area (Å²) in [5, 5.41) is 16.8. The molecule has 0 spiro atoms. The number of alkyl halides is 2. The van der Waals surface area contributed by atoms with Crippen molar-refractivity contribution >= 4 is 22.8 Å². The quantitative estimate of drug-likeness (QED) is 0.532. The van der Waals surface area contributed by atoms with Crippen molar-refractivity contribution < 1.29 is 28.0 Å². The first-order chi connectivity index (χ1) is 19.2. The SMILES string of the molecule is O=C1C2C3CC(C2C(=O)N1C[C@H]1CCC[C@@H]1CN1CCC(c2noc4ccccc24)CC1)C(O)(C1CC1(F)F)C3. The van der Waals surface area contributed by atoms with E-state index in [1.807, 2.05) is 18.2 Å². The zero-order chi connectivity index (χ0) is 27.4. The minimum absolute atomic E-state index is 0.113. The summed E-state index contributed by atoms with van der Waals surface area (Å²) in [5.41, 5.74) is 0.408. The number of imide groups is 1. The fraction of sp³-hybridized carbons (Fsp3) is 0.710. The molecule has 40 heavy (non-hydrogen) atoms. The minimum Gasteiger partial charge on any atom is -0.389 e. The van der Waals surface area contributed by atoms with E-state index in [4.69, 9.17) is 4.52 Å². The smallest absolute Gasteiger partial charge is 0.254 e. The molecule has 2 aliphatic heterocycles. The lowest BCUT2D eigenvalue weighted by Gasteiger charge is -2.37. The molecule has 9 heteroatoms. The molecular weight excluding hydrogens is 516 g/mol. The van der Waals surface area contributed by atoms with Crippen LogP contribution in [0.25, 0.3) is 11.0 Å². The Labute approximate surface area is 232 Å². The highest BCUT2D eigenvalue weighted by molar-refractivity contribution is 6.06. The highest BCUT2D eigenvalue weighted by atomic mass is 19.3. The predicted molar refractivity (Wildman–Crippen MR) is 141 cm³/mol. The molecule has 6 aliphatic rings.